The molecule has 2 aromatic heterocycles. The Labute approximate surface area is 204 Å². The molecule has 2 N–H and O–H groups in total. The number of halogens is 1. The molecule has 0 atom stereocenters. The van der Waals surface area contributed by atoms with Crippen molar-refractivity contribution in [3.05, 3.63) is 46.8 Å². The van der Waals surface area contributed by atoms with E-state index in [1.165, 1.54) is 14.7 Å². The van der Waals surface area contributed by atoms with Gasteiger partial charge in [0.25, 0.3) is 0 Å². The van der Waals surface area contributed by atoms with Crippen LogP contribution in [0.4, 0.5) is 5.00 Å². The van der Waals surface area contributed by atoms with E-state index in [4.69, 9.17) is 9.98 Å². The number of hydrogen-bond acceptors (Lipinski definition) is 5. The molecule has 1 fully saturated rings. The topological polar surface area (TPSA) is 52.6 Å². The van der Waals surface area contributed by atoms with Crippen LogP contribution in [0.5, 0.6) is 0 Å². The zero-order valence-corrected chi connectivity index (χ0v) is 21.3. The Morgan fingerprint density at radius 3 is 2.77 bits per heavy atom. The molecule has 5 nitrogen and oxygen atoms in total. The second-order valence-electron chi connectivity index (χ2n) is 7.30. The highest BCUT2D eigenvalue weighted by Crippen LogP contribution is 2.25. The smallest absolute Gasteiger partial charge is 0.191 e. The molecule has 0 unspecified atom stereocenters. The summed E-state index contributed by atoms with van der Waals surface area (Å²) < 4.78 is 1.27. The van der Waals surface area contributed by atoms with Crippen molar-refractivity contribution in [1.29, 1.82) is 0 Å². The zero-order chi connectivity index (χ0) is 19.9. The van der Waals surface area contributed by atoms with Crippen molar-refractivity contribution in [3.63, 3.8) is 0 Å². The number of para-hydroxylation sites is 1. The van der Waals surface area contributed by atoms with Crippen LogP contribution in [-0.2, 0) is 6.42 Å². The number of anilines is 1. The van der Waals surface area contributed by atoms with Gasteiger partial charge in [0.05, 0.1) is 20.2 Å². The van der Waals surface area contributed by atoms with Crippen molar-refractivity contribution >= 4 is 67.8 Å². The van der Waals surface area contributed by atoms with Crippen LogP contribution >= 0.6 is 46.7 Å². The van der Waals surface area contributed by atoms with Gasteiger partial charge in [0.2, 0.25) is 0 Å². The summed E-state index contributed by atoms with van der Waals surface area (Å²) in [7, 11) is 0. The van der Waals surface area contributed by atoms with E-state index in [9.17, 15) is 0 Å². The lowest BCUT2D eigenvalue weighted by Gasteiger charge is -2.33. The first kappa shape index (κ1) is 23.3. The molecule has 3 heterocycles. The number of fused-ring (bicyclic) bond motifs is 1. The average Bonchev–Trinajstić information content (AvgIpc) is 3.41. The maximum absolute atomic E-state index is 4.81. The van der Waals surface area contributed by atoms with Crippen molar-refractivity contribution in [2.24, 2.45) is 4.99 Å². The molecule has 30 heavy (non-hydrogen) atoms. The Morgan fingerprint density at radius 2 is 2.03 bits per heavy atom. The van der Waals surface area contributed by atoms with Gasteiger partial charge in [-0.15, -0.1) is 46.7 Å². The Bertz CT molecular complexity index is 884. The van der Waals surface area contributed by atoms with E-state index in [1.54, 1.807) is 11.3 Å². The molecule has 1 aliphatic heterocycles. The molecule has 0 spiro atoms. The van der Waals surface area contributed by atoms with Crippen LogP contribution in [0.15, 0.2) is 46.8 Å². The lowest BCUT2D eigenvalue weighted by atomic mass is 10.1. The predicted octanol–water partition coefficient (Wildman–Crippen LogP) is 5.13. The van der Waals surface area contributed by atoms with Crippen LogP contribution in [0.25, 0.3) is 10.2 Å². The van der Waals surface area contributed by atoms with Crippen LogP contribution in [0.3, 0.4) is 0 Å². The first-order chi connectivity index (χ1) is 14.3. The molecule has 1 aromatic carbocycles. The number of nitrogens with zero attached hydrogens (tertiary/aromatic N) is 3. The first-order valence-corrected chi connectivity index (χ1v) is 12.2. The standard InChI is InChI=1S/C22H29N5S2.HI/c1-2-23-22(25-17-11-14-27(15-12-17)21-10-6-16-28-21)24-13-5-9-20-26-18-7-3-4-8-19(18)29-20;/h3-4,6-8,10,16-17H,2,5,9,11-15H2,1H3,(H2,23,24,25);1H. The summed E-state index contributed by atoms with van der Waals surface area (Å²) in [6.07, 6.45) is 4.30. The number of thiophene rings is 1. The molecule has 3 aromatic rings. The van der Waals surface area contributed by atoms with E-state index in [-0.39, 0.29) is 24.0 Å². The van der Waals surface area contributed by atoms with E-state index in [2.05, 4.69) is 64.2 Å². The van der Waals surface area contributed by atoms with Gasteiger partial charge in [0.1, 0.15) is 0 Å². The third kappa shape index (κ3) is 6.31. The zero-order valence-electron chi connectivity index (χ0n) is 17.3. The van der Waals surface area contributed by atoms with Crippen LogP contribution in [0, 0.1) is 0 Å². The highest BCUT2D eigenvalue weighted by atomic mass is 127. The summed E-state index contributed by atoms with van der Waals surface area (Å²) in [5.41, 5.74) is 1.11. The molecule has 0 bridgehead atoms. The molecular formula is C22H30IN5S2. The maximum Gasteiger partial charge on any atom is 0.191 e. The monoisotopic (exact) mass is 555 g/mol. The van der Waals surface area contributed by atoms with Gasteiger partial charge in [-0.05, 0) is 55.8 Å². The summed E-state index contributed by atoms with van der Waals surface area (Å²) >= 11 is 3.63. The number of piperidine rings is 1. The fraction of sp³-hybridized carbons (Fsp3) is 0.455. The van der Waals surface area contributed by atoms with Crippen LogP contribution in [0.1, 0.15) is 31.2 Å². The minimum Gasteiger partial charge on any atom is -0.363 e. The van der Waals surface area contributed by atoms with Crippen molar-refractivity contribution in [1.82, 2.24) is 15.6 Å². The van der Waals surface area contributed by atoms with Gasteiger partial charge < -0.3 is 15.5 Å². The third-order valence-corrected chi connectivity index (χ3v) is 7.18. The van der Waals surface area contributed by atoms with Gasteiger partial charge >= 0.3 is 0 Å². The number of nitrogens with one attached hydrogen (secondary N) is 2. The lowest BCUT2D eigenvalue weighted by molar-refractivity contribution is 0.463. The van der Waals surface area contributed by atoms with Gasteiger partial charge in [-0.2, -0.15) is 0 Å². The molecule has 1 saturated heterocycles. The Morgan fingerprint density at radius 1 is 1.20 bits per heavy atom. The quantitative estimate of drug-likeness (QED) is 0.184. The molecular weight excluding hydrogens is 525 g/mol. The third-order valence-electron chi connectivity index (χ3n) is 5.15. The fourth-order valence-electron chi connectivity index (χ4n) is 3.66. The Kier molecular flexibility index (Phi) is 9.20. The molecule has 0 radical (unpaired) electrons. The van der Waals surface area contributed by atoms with E-state index in [0.717, 1.165) is 63.3 Å². The lowest BCUT2D eigenvalue weighted by Crippen LogP contribution is -2.48. The Hall–Kier alpha value is -1.39. The van der Waals surface area contributed by atoms with Crippen LogP contribution in [-0.4, -0.2) is 43.2 Å². The van der Waals surface area contributed by atoms with Crippen LogP contribution in [0.2, 0.25) is 0 Å². The van der Waals surface area contributed by atoms with Crippen LogP contribution < -0.4 is 15.5 Å². The molecule has 8 heteroatoms. The Balaban J connectivity index is 0.00000256. The van der Waals surface area contributed by atoms with E-state index in [1.807, 2.05) is 11.3 Å². The second kappa shape index (κ2) is 11.9. The predicted molar refractivity (Wildman–Crippen MR) is 142 cm³/mol. The maximum atomic E-state index is 4.81. The van der Waals surface area contributed by atoms with Crippen molar-refractivity contribution in [2.45, 2.75) is 38.6 Å². The minimum absolute atomic E-state index is 0. The molecule has 162 valence electrons. The highest BCUT2D eigenvalue weighted by molar-refractivity contribution is 14.0. The van der Waals surface area contributed by atoms with Gasteiger partial charge in [-0.1, -0.05) is 12.1 Å². The number of rotatable bonds is 7. The summed E-state index contributed by atoms with van der Waals surface area (Å²) in [5, 5.41) is 11.8. The SMILES string of the molecule is CCNC(=NCCCc1nc2ccccc2s1)NC1CCN(c2cccs2)CC1.I. The second-order valence-corrected chi connectivity index (χ2v) is 9.34. The molecule has 0 aliphatic carbocycles. The van der Waals surface area contributed by atoms with Crippen molar-refractivity contribution in [3.8, 4) is 0 Å². The number of guanidine groups is 1. The molecule has 1 aliphatic rings. The van der Waals surface area contributed by atoms with Gasteiger partial charge in [-0.3, -0.25) is 4.99 Å². The summed E-state index contributed by atoms with van der Waals surface area (Å²) in [5.74, 6) is 0.950. The van der Waals surface area contributed by atoms with E-state index >= 15 is 0 Å². The largest absolute Gasteiger partial charge is 0.363 e. The van der Waals surface area contributed by atoms with Crippen molar-refractivity contribution in [2.75, 3.05) is 31.1 Å². The van der Waals surface area contributed by atoms with Gasteiger partial charge in [0.15, 0.2) is 5.96 Å². The number of aryl methyl sites for hydroxylation is 1. The summed E-state index contributed by atoms with van der Waals surface area (Å²) in [4.78, 5) is 12.0. The van der Waals surface area contributed by atoms with Gasteiger partial charge in [-0.25, -0.2) is 4.98 Å². The van der Waals surface area contributed by atoms with E-state index < -0.39 is 0 Å². The number of aromatic nitrogens is 1. The normalized spacial score (nSPS) is 15.2. The summed E-state index contributed by atoms with van der Waals surface area (Å²) in [6.45, 7) is 6.04. The average molecular weight is 556 g/mol. The highest BCUT2D eigenvalue weighted by Gasteiger charge is 2.20. The molecule has 4 rings (SSSR count). The van der Waals surface area contributed by atoms with Crippen molar-refractivity contribution < 1.29 is 0 Å². The number of hydrogen-bond donors (Lipinski definition) is 2. The number of benzene rings is 1. The summed E-state index contributed by atoms with van der Waals surface area (Å²) in [6, 6.07) is 13.2. The fourth-order valence-corrected chi connectivity index (χ4v) is 5.45. The molecule has 0 amide bonds. The number of aliphatic imine (C=N–C) groups is 1. The first-order valence-electron chi connectivity index (χ1n) is 10.5. The number of thiazole rings is 1. The van der Waals surface area contributed by atoms with E-state index in [0.29, 0.717) is 6.04 Å². The minimum atomic E-state index is 0. The molecule has 0 saturated carbocycles. The van der Waals surface area contributed by atoms with Gasteiger partial charge in [0, 0.05) is 38.6 Å².